The van der Waals surface area contributed by atoms with Gasteiger partial charge >= 0.3 is 0 Å². The smallest absolute Gasteiger partial charge is 0.168 e. The van der Waals surface area contributed by atoms with Gasteiger partial charge in [0.25, 0.3) is 0 Å². The zero-order valence-electron chi connectivity index (χ0n) is 12.4. The van der Waals surface area contributed by atoms with Crippen LogP contribution in [0, 0.1) is 10.8 Å². The molecule has 0 bridgehead atoms. The Morgan fingerprint density at radius 1 is 1.11 bits per heavy atom. The fourth-order valence-electron chi connectivity index (χ4n) is 3.62. The molecule has 0 radical (unpaired) electrons. The zero-order valence-corrected chi connectivity index (χ0v) is 12.4. The molecular weight excluding hydrogens is 234 g/mol. The number of allylic oxidation sites excluding steroid dienone is 1. The van der Waals surface area contributed by atoms with Crippen molar-refractivity contribution >= 4 is 12.4 Å². The van der Waals surface area contributed by atoms with E-state index in [9.17, 15) is 4.79 Å². The maximum absolute atomic E-state index is 10.6. The normalized spacial score (nSPS) is 20.9. The van der Waals surface area contributed by atoms with Crippen LogP contribution >= 0.6 is 0 Å². The van der Waals surface area contributed by atoms with E-state index in [1.165, 1.54) is 12.0 Å². The van der Waals surface area contributed by atoms with Gasteiger partial charge in [0.05, 0.1) is 0 Å². The average molecular weight is 257 g/mol. The number of nitrogens with zero attached hydrogens (tertiary/aromatic N) is 1. The first-order valence-electron chi connectivity index (χ1n) is 6.90. The van der Waals surface area contributed by atoms with E-state index in [2.05, 4.69) is 38.8 Å². The largest absolute Gasteiger partial charge is 0.296 e. The van der Waals surface area contributed by atoms with Crippen LogP contribution in [-0.2, 0) is 0 Å². The van der Waals surface area contributed by atoms with Gasteiger partial charge in [-0.1, -0.05) is 45.4 Å². The zero-order chi connectivity index (χ0) is 14.1. The van der Waals surface area contributed by atoms with Crippen molar-refractivity contribution in [2.45, 2.75) is 47.0 Å². The molecule has 0 saturated heterocycles. The third-order valence-electron chi connectivity index (χ3n) is 3.67. The first-order chi connectivity index (χ1) is 8.80. The van der Waals surface area contributed by atoms with Crippen molar-refractivity contribution in [1.29, 1.82) is 0 Å². The average Bonchev–Trinajstić information content (AvgIpc) is 2.25. The summed E-state index contributed by atoms with van der Waals surface area (Å²) in [6.45, 7) is 9.37. The predicted octanol–water partition coefficient (Wildman–Crippen LogP) is 4.51. The molecule has 2 rings (SSSR count). The minimum Gasteiger partial charge on any atom is -0.296 e. The summed E-state index contributed by atoms with van der Waals surface area (Å²) in [5, 5.41) is 0. The molecule has 0 atom stereocenters. The van der Waals surface area contributed by atoms with Gasteiger partial charge in [-0.25, -0.2) is 0 Å². The molecular formula is C17H23NO. The third-order valence-corrected chi connectivity index (χ3v) is 3.67. The summed E-state index contributed by atoms with van der Waals surface area (Å²) >= 11 is 0. The van der Waals surface area contributed by atoms with Crippen LogP contribution in [0.15, 0.2) is 23.9 Å². The summed E-state index contributed by atoms with van der Waals surface area (Å²) in [5.41, 5.74) is 3.80. The number of aromatic nitrogens is 1. The van der Waals surface area contributed by atoms with Crippen molar-refractivity contribution in [3.63, 3.8) is 0 Å². The molecule has 1 heterocycles. The minimum atomic E-state index is 0.365. The molecule has 102 valence electrons. The molecule has 0 N–H and O–H groups in total. The number of aldehydes is 1. The molecule has 0 amide bonds. The molecule has 0 aromatic carbocycles. The predicted molar refractivity (Wildman–Crippen MR) is 79.0 cm³/mol. The molecule has 2 nitrogen and oxygen atoms in total. The molecule has 2 heteroatoms. The van der Waals surface area contributed by atoms with Crippen LogP contribution in [-0.4, -0.2) is 11.3 Å². The summed E-state index contributed by atoms with van der Waals surface area (Å²) < 4.78 is 0. The number of carbonyl (C=O) groups is 1. The van der Waals surface area contributed by atoms with Crippen molar-refractivity contribution in [1.82, 2.24) is 4.98 Å². The summed E-state index contributed by atoms with van der Waals surface area (Å²) in [7, 11) is 0. The number of pyridine rings is 1. The number of carbonyl (C=O) groups excluding carboxylic acids is 1. The number of rotatable bonds is 2. The maximum atomic E-state index is 10.6. The first kappa shape index (κ1) is 14.0. The van der Waals surface area contributed by atoms with E-state index >= 15 is 0 Å². The Balaban J connectivity index is 2.24. The van der Waals surface area contributed by atoms with Crippen LogP contribution < -0.4 is 0 Å². The first-order valence-corrected chi connectivity index (χ1v) is 6.90. The van der Waals surface area contributed by atoms with Gasteiger partial charge in [-0.15, -0.1) is 0 Å². The molecule has 1 aromatic rings. The van der Waals surface area contributed by atoms with E-state index in [1.807, 2.05) is 6.07 Å². The van der Waals surface area contributed by atoms with Crippen LogP contribution in [0.1, 0.15) is 63.0 Å². The molecule has 0 unspecified atom stereocenters. The van der Waals surface area contributed by atoms with Gasteiger partial charge < -0.3 is 0 Å². The van der Waals surface area contributed by atoms with Crippen molar-refractivity contribution in [3.8, 4) is 0 Å². The van der Waals surface area contributed by atoms with Crippen molar-refractivity contribution < 1.29 is 4.79 Å². The van der Waals surface area contributed by atoms with Gasteiger partial charge in [0.2, 0.25) is 0 Å². The van der Waals surface area contributed by atoms with Gasteiger partial charge in [0.15, 0.2) is 6.29 Å². The third kappa shape index (κ3) is 3.76. The fourth-order valence-corrected chi connectivity index (χ4v) is 3.62. The molecule has 1 aromatic heterocycles. The molecule has 1 aliphatic rings. The number of hydrogen-bond donors (Lipinski definition) is 0. The Bertz CT molecular complexity index is 476. The highest BCUT2D eigenvalue weighted by molar-refractivity contribution is 5.72. The Morgan fingerprint density at radius 2 is 1.74 bits per heavy atom. The lowest BCUT2D eigenvalue weighted by atomic mass is 9.63. The van der Waals surface area contributed by atoms with Gasteiger partial charge in [-0.3, -0.25) is 9.78 Å². The van der Waals surface area contributed by atoms with Gasteiger partial charge in [0.1, 0.15) is 5.69 Å². The van der Waals surface area contributed by atoms with Gasteiger partial charge in [-0.05, 0) is 41.7 Å². The van der Waals surface area contributed by atoms with E-state index < -0.39 is 0 Å². The van der Waals surface area contributed by atoms with E-state index in [-0.39, 0.29) is 0 Å². The minimum absolute atomic E-state index is 0.365. The molecule has 0 aliphatic heterocycles. The number of hydrogen-bond acceptors (Lipinski definition) is 2. The Labute approximate surface area is 115 Å². The quantitative estimate of drug-likeness (QED) is 0.729. The maximum Gasteiger partial charge on any atom is 0.168 e. The highest BCUT2D eigenvalue weighted by atomic mass is 16.1. The Morgan fingerprint density at radius 3 is 2.21 bits per heavy atom. The molecule has 1 fully saturated rings. The van der Waals surface area contributed by atoms with Crippen LogP contribution in [0.3, 0.4) is 0 Å². The lowest BCUT2D eigenvalue weighted by Gasteiger charge is -2.42. The monoisotopic (exact) mass is 257 g/mol. The van der Waals surface area contributed by atoms with Crippen LogP contribution in [0.2, 0.25) is 0 Å². The molecule has 1 saturated carbocycles. The van der Waals surface area contributed by atoms with Crippen molar-refractivity contribution in [2.24, 2.45) is 10.8 Å². The van der Waals surface area contributed by atoms with Crippen molar-refractivity contribution in [2.75, 3.05) is 0 Å². The second kappa shape index (κ2) is 4.92. The van der Waals surface area contributed by atoms with Crippen LogP contribution in [0.25, 0.3) is 6.08 Å². The van der Waals surface area contributed by atoms with E-state index in [1.54, 1.807) is 12.3 Å². The van der Waals surface area contributed by atoms with E-state index in [4.69, 9.17) is 0 Å². The Kier molecular flexibility index (Phi) is 3.62. The van der Waals surface area contributed by atoms with E-state index in [0.717, 1.165) is 24.7 Å². The second-order valence-electron chi connectivity index (χ2n) is 7.30. The van der Waals surface area contributed by atoms with Gasteiger partial charge in [0, 0.05) is 6.20 Å². The summed E-state index contributed by atoms with van der Waals surface area (Å²) in [6, 6.07) is 3.75. The highest BCUT2D eigenvalue weighted by Gasteiger charge is 2.35. The van der Waals surface area contributed by atoms with E-state index in [0.29, 0.717) is 16.5 Å². The fraction of sp³-hybridized carbons (Fsp3) is 0.529. The second-order valence-corrected chi connectivity index (χ2v) is 7.30. The van der Waals surface area contributed by atoms with Crippen molar-refractivity contribution in [3.05, 3.63) is 35.2 Å². The summed E-state index contributed by atoms with van der Waals surface area (Å²) in [5.74, 6) is 0. The molecule has 19 heavy (non-hydrogen) atoms. The topological polar surface area (TPSA) is 30.0 Å². The van der Waals surface area contributed by atoms with Crippen LogP contribution in [0.5, 0.6) is 0 Å². The lowest BCUT2D eigenvalue weighted by molar-refractivity contribution is 0.111. The standard InChI is InChI=1S/C17H23NO/c1-16(2)8-14(9-17(3,4)12-16)7-13-5-6-15(11-19)18-10-13/h5-7,10-11H,8-9,12H2,1-4H3. The highest BCUT2D eigenvalue weighted by Crippen LogP contribution is 2.48. The van der Waals surface area contributed by atoms with Gasteiger partial charge in [-0.2, -0.15) is 0 Å². The lowest BCUT2D eigenvalue weighted by Crippen LogP contribution is -2.29. The summed E-state index contributed by atoms with van der Waals surface area (Å²) in [4.78, 5) is 14.7. The Hall–Kier alpha value is -1.44. The van der Waals surface area contributed by atoms with Crippen LogP contribution in [0.4, 0.5) is 0 Å². The summed E-state index contributed by atoms with van der Waals surface area (Å²) in [6.07, 6.45) is 8.36. The molecule has 0 spiro atoms. The SMILES string of the molecule is CC1(C)CC(=Cc2ccc(C=O)nc2)CC(C)(C)C1. The molecule has 1 aliphatic carbocycles.